The zero-order valence-corrected chi connectivity index (χ0v) is 12.7. The van der Waals surface area contributed by atoms with Crippen LogP contribution in [0.4, 0.5) is 4.79 Å². The summed E-state index contributed by atoms with van der Waals surface area (Å²) in [5, 5.41) is 2.62. The summed E-state index contributed by atoms with van der Waals surface area (Å²) < 4.78 is 6.80. The minimum absolute atomic E-state index is 0.329. The van der Waals surface area contributed by atoms with Gasteiger partial charge in [0.25, 0.3) is 11.1 Å². The molecule has 0 radical (unpaired) electrons. The number of benzene rings is 1. The van der Waals surface area contributed by atoms with E-state index in [0.29, 0.717) is 16.4 Å². The molecule has 22 heavy (non-hydrogen) atoms. The number of nitrogens with zero attached hydrogens (tertiary/aromatic N) is 1. The molecular formula is C15H8N2O3S2. The zero-order chi connectivity index (χ0) is 15.1. The fourth-order valence-corrected chi connectivity index (χ4v) is 3.66. The van der Waals surface area contributed by atoms with E-state index in [1.807, 2.05) is 30.3 Å². The van der Waals surface area contributed by atoms with Crippen molar-refractivity contribution in [3.05, 3.63) is 47.1 Å². The van der Waals surface area contributed by atoms with E-state index in [-0.39, 0.29) is 5.24 Å². The van der Waals surface area contributed by atoms with Crippen LogP contribution in [0.3, 0.4) is 0 Å². The van der Waals surface area contributed by atoms with E-state index >= 15 is 0 Å². The highest BCUT2D eigenvalue weighted by Crippen LogP contribution is 2.32. The molecule has 3 heterocycles. The SMILES string of the molecule is O=C1NC(=O)/C(=C/c2ccc(-c3nc4ccccc4s3)o2)S1. The first-order chi connectivity index (χ1) is 10.7. The number of thiazole rings is 1. The third-order valence-electron chi connectivity index (χ3n) is 3.05. The van der Waals surface area contributed by atoms with Crippen molar-refractivity contribution >= 4 is 50.5 Å². The molecule has 1 aromatic carbocycles. The van der Waals surface area contributed by atoms with Gasteiger partial charge in [-0.05, 0) is 36.0 Å². The summed E-state index contributed by atoms with van der Waals surface area (Å²) in [6.45, 7) is 0. The number of amides is 2. The van der Waals surface area contributed by atoms with E-state index in [0.717, 1.165) is 27.0 Å². The zero-order valence-electron chi connectivity index (χ0n) is 11.0. The van der Waals surface area contributed by atoms with Crippen LogP contribution >= 0.6 is 23.1 Å². The van der Waals surface area contributed by atoms with Crippen molar-refractivity contribution in [2.45, 2.75) is 0 Å². The second kappa shape index (κ2) is 5.11. The summed E-state index contributed by atoms with van der Waals surface area (Å²) in [5.41, 5.74) is 0.926. The quantitative estimate of drug-likeness (QED) is 0.723. The summed E-state index contributed by atoms with van der Waals surface area (Å²) in [7, 11) is 0. The maximum Gasteiger partial charge on any atom is 0.290 e. The van der Waals surface area contributed by atoms with Crippen LogP contribution in [-0.4, -0.2) is 16.1 Å². The molecule has 1 fully saturated rings. The summed E-state index contributed by atoms with van der Waals surface area (Å²) in [5.74, 6) is 0.761. The largest absolute Gasteiger partial charge is 0.454 e. The van der Waals surface area contributed by atoms with Gasteiger partial charge in [0.2, 0.25) is 0 Å². The van der Waals surface area contributed by atoms with Crippen molar-refractivity contribution < 1.29 is 14.0 Å². The Morgan fingerprint density at radius 1 is 1.14 bits per heavy atom. The minimum atomic E-state index is -0.395. The molecule has 4 rings (SSSR count). The van der Waals surface area contributed by atoms with Gasteiger partial charge in [-0.15, -0.1) is 11.3 Å². The number of imide groups is 1. The van der Waals surface area contributed by atoms with Gasteiger partial charge in [-0.2, -0.15) is 0 Å². The highest BCUT2D eigenvalue weighted by molar-refractivity contribution is 8.18. The van der Waals surface area contributed by atoms with Crippen molar-refractivity contribution in [2.75, 3.05) is 0 Å². The lowest BCUT2D eigenvalue weighted by Crippen LogP contribution is -2.17. The fourth-order valence-electron chi connectivity index (χ4n) is 2.07. The molecule has 0 atom stereocenters. The van der Waals surface area contributed by atoms with Gasteiger partial charge >= 0.3 is 0 Å². The van der Waals surface area contributed by atoms with Crippen molar-refractivity contribution in [3.63, 3.8) is 0 Å². The average Bonchev–Trinajstić information content (AvgIpc) is 3.18. The molecule has 0 aliphatic carbocycles. The molecule has 0 saturated carbocycles. The summed E-state index contributed by atoms with van der Waals surface area (Å²) >= 11 is 2.41. The van der Waals surface area contributed by atoms with E-state index in [4.69, 9.17) is 4.42 Å². The maximum atomic E-state index is 11.5. The van der Waals surface area contributed by atoms with Crippen LogP contribution in [0.1, 0.15) is 5.76 Å². The first kappa shape index (κ1) is 13.3. The van der Waals surface area contributed by atoms with Crippen LogP contribution in [-0.2, 0) is 4.79 Å². The van der Waals surface area contributed by atoms with E-state index < -0.39 is 5.91 Å². The van der Waals surface area contributed by atoms with Gasteiger partial charge in [-0.1, -0.05) is 12.1 Å². The smallest absolute Gasteiger partial charge is 0.290 e. The highest BCUT2D eigenvalue weighted by Gasteiger charge is 2.25. The van der Waals surface area contributed by atoms with Crippen LogP contribution in [0, 0.1) is 0 Å². The van der Waals surface area contributed by atoms with Gasteiger partial charge in [-0.3, -0.25) is 14.9 Å². The Morgan fingerprint density at radius 3 is 2.77 bits per heavy atom. The molecule has 3 aromatic rings. The number of rotatable bonds is 2. The minimum Gasteiger partial charge on any atom is -0.454 e. The number of aromatic nitrogens is 1. The lowest BCUT2D eigenvalue weighted by atomic mass is 10.3. The predicted octanol–water partition coefficient (Wildman–Crippen LogP) is 3.88. The number of nitrogens with one attached hydrogen (secondary N) is 1. The van der Waals surface area contributed by atoms with E-state index in [1.165, 1.54) is 0 Å². The molecule has 2 aromatic heterocycles. The van der Waals surface area contributed by atoms with Gasteiger partial charge in [0.1, 0.15) is 5.76 Å². The first-order valence-corrected chi connectivity index (χ1v) is 8.03. The Bertz CT molecular complexity index is 906. The van der Waals surface area contributed by atoms with E-state index in [1.54, 1.807) is 23.5 Å². The highest BCUT2D eigenvalue weighted by atomic mass is 32.2. The van der Waals surface area contributed by atoms with Crippen molar-refractivity contribution in [3.8, 4) is 10.8 Å². The lowest BCUT2D eigenvalue weighted by molar-refractivity contribution is -0.115. The van der Waals surface area contributed by atoms with Gasteiger partial charge in [-0.25, -0.2) is 4.98 Å². The number of carbonyl (C=O) groups is 2. The monoisotopic (exact) mass is 328 g/mol. The number of furan rings is 1. The maximum absolute atomic E-state index is 11.5. The summed E-state index contributed by atoms with van der Waals surface area (Å²) in [6.07, 6.45) is 1.56. The van der Waals surface area contributed by atoms with Crippen molar-refractivity contribution in [2.24, 2.45) is 0 Å². The van der Waals surface area contributed by atoms with Crippen LogP contribution < -0.4 is 5.32 Å². The van der Waals surface area contributed by atoms with E-state index in [2.05, 4.69) is 10.3 Å². The molecule has 1 aliphatic rings. The lowest BCUT2D eigenvalue weighted by Gasteiger charge is -1.90. The van der Waals surface area contributed by atoms with Gasteiger partial charge < -0.3 is 4.42 Å². The molecule has 1 N–H and O–H groups in total. The predicted molar refractivity (Wildman–Crippen MR) is 86.4 cm³/mol. The van der Waals surface area contributed by atoms with Crippen LogP contribution in [0.2, 0.25) is 0 Å². The third-order valence-corrected chi connectivity index (χ3v) is 4.91. The number of carbonyl (C=O) groups excluding carboxylic acids is 2. The molecule has 1 aliphatic heterocycles. The van der Waals surface area contributed by atoms with Gasteiger partial charge in [0, 0.05) is 6.08 Å². The van der Waals surface area contributed by atoms with E-state index in [9.17, 15) is 9.59 Å². The molecule has 108 valence electrons. The Labute approximate surface area is 133 Å². The first-order valence-electron chi connectivity index (χ1n) is 6.40. The van der Waals surface area contributed by atoms with Crippen LogP contribution in [0.25, 0.3) is 27.1 Å². The fraction of sp³-hybridized carbons (Fsp3) is 0. The van der Waals surface area contributed by atoms with Gasteiger partial charge in [0.05, 0.1) is 15.1 Å². The summed E-state index contributed by atoms with van der Waals surface area (Å²) in [4.78, 5) is 27.5. The molecule has 1 saturated heterocycles. The van der Waals surface area contributed by atoms with Gasteiger partial charge in [0.15, 0.2) is 10.8 Å². The van der Waals surface area contributed by atoms with Crippen molar-refractivity contribution in [1.29, 1.82) is 0 Å². The normalized spacial score (nSPS) is 16.6. The number of hydrogen-bond donors (Lipinski definition) is 1. The van der Waals surface area contributed by atoms with Crippen LogP contribution in [0.15, 0.2) is 45.7 Å². The Morgan fingerprint density at radius 2 is 2.00 bits per heavy atom. The summed E-state index contributed by atoms with van der Waals surface area (Å²) in [6, 6.07) is 11.4. The second-order valence-electron chi connectivity index (χ2n) is 4.54. The number of para-hydroxylation sites is 1. The molecular weight excluding hydrogens is 320 g/mol. The number of thioether (sulfide) groups is 1. The second-order valence-corrected chi connectivity index (χ2v) is 6.59. The molecule has 0 bridgehead atoms. The van der Waals surface area contributed by atoms with Crippen molar-refractivity contribution in [1.82, 2.24) is 10.3 Å². The topological polar surface area (TPSA) is 72.2 Å². The average molecular weight is 328 g/mol. The Kier molecular flexibility index (Phi) is 3.09. The molecule has 0 spiro atoms. The molecule has 2 amide bonds. The Balaban J connectivity index is 1.68. The number of hydrogen-bond acceptors (Lipinski definition) is 6. The number of fused-ring (bicyclic) bond motifs is 1. The molecule has 7 heteroatoms. The Hall–Kier alpha value is -2.38. The molecule has 0 unspecified atom stereocenters. The standard InChI is InChI=1S/C15H8N2O3S2/c18-13-12(22-15(19)17-13)7-8-5-6-10(20-8)14-16-9-3-1-2-4-11(9)21-14/h1-7H,(H,17,18,19)/b12-7-. The van der Waals surface area contributed by atoms with Crippen LogP contribution in [0.5, 0.6) is 0 Å². The molecule has 5 nitrogen and oxygen atoms in total. The third kappa shape index (κ3) is 2.34.